The first-order valence-corrected chi connectivity index (χ1v) is 9.10. The fraction of sp³-hybridized carbons (Fsp3) is 0.400. The number of fused-ring (bicyclic) bond motifs is 1. The zero-order valence-electron chi connectivity index (χ0n) is 14.8. The standard InChI is InChI=1S/C20H26N4O/c1-2-3-7-14-24-17-11-13-22-19(21-12-8-15-25)18(17)23-20(24)16-9-5-4-6-10-16/h4-6,9-11,13,25H,2-3,7-8,12,14-15H2,1H3,(H,21,22). The first-order valence-electron chi connectivity index (χ1n) is 9.10. The van der Waals surface area contributed by atoms with E-state index >= 15 is 0 Å². The summed E-state index contributed by atoms with van der Waals surface area (Å²) in [6.45, 7) is 4.03. The molecule has 0 aliphatic carbocycles. The molecule has 0 aliphatic rings. The molecular weight excluding hydrogens is 312 g/mol. The van der Waals surface area contributed by atoms with Crippen LogP contribution in [0.25, 0.3) is 22.4 Å². The highest BCUT2D eigenvalue weighted by molar-refractivity contribution is 5.89. The number of hydrogen-bond acceptors (Lipinski definition) is 4. The molecule has 0 saturated heterocycles. The van der Waals surface area contributed by atoms with Crippen molar-refractivity contribution < 1.29 is 5.11 Å². The van der Waals surface area contributed by atoms with E-state index in [1.54, 1.807) is 0 Å². The van der Waals surface area contributed by atoms with Gasteiger partial charge in [-0.2, -0.15) is 0 Å². The van der Waals surface area contributed by atoms with Crippen LogP contribution < -0.4 is 5.32 Å². The first kappa shape index (κ1) is 17.4. The van der Waals surface area contributed by atoms with Gasteiger partial charge in [-0.25, -0.2) is 9.97 Å². The summed E-state index contributed by atoms with van der Waals surface area (Å²) in [5, 5.41) is 12.3. The molecule has 2 aromatic heterocycles. The second-order valence-electron chi connectivity index (χ2n) is 6.19. The molecule has 0 saturated carbocycles. The molecule has 25 heavy (non-hydrogen) atoms. The predicted octanol–water partition coefficient (Wildman–Crippen LogP) is 4.08. The van der Waals surface area contributed by atoms with Crippen LogP contribution in [0.4, 0.5) is 5.82 Å². The zero-order chi connectivity index (χ0) is 17.5. The number of aliphatic hydroxyl groups excluding tert-OH is 1. The lowest BCUT2D eigenvalue weighted by molar-refractivity contribution is 0.292. The van der Waals surface area contributed by atoms with Gasteiger partial charge in [-0.1, -0.05) is 50.1 Å². The minimum Gasteiger partial charge on any atom is -0.396 e. The van der Waals surface area contributed by atoms with E-state index in [4.69, 9.17) is 10.1 Å². The number of hydrogen-bond donors (Lipinski definition) is 2. The van der Waals surface area contributed by atoms with Gasteiger partial charge in [-0.3, -0.25) is 0 Å². The van der Waals surface area contributed by atoms with Gasteiger partial charge in [0.1, 0.15) is 11.3 Å². The molecule has 0 atom stereocenters. The number of aliphatic hydroxyl groups is 1. The van der Waals surface area contributed by atoms with Crippen molar-refractivity contribution in [1.29, 1.82) is 0 Å². The summed E-state index contributed by atoms with van der Waals surface area (Å²) in [7, 11) is 0. The van der Waals surface area contributed by atoms with Gasteiger partial charge in [-0.05, 0) is 18.9 Å². The van der Waals surface area contributed by atoms with Gasteiger partial charge >= 0.3 is 0 Å². The van der Waals surface area contributed by atoms with E-state index in [2.05, 4.69) is 33.9 Å². The minimum absolute atomic E-state index is 0.170. The summed E-state index contributed by atoms with van der Waals surface area (Å²) in [5.74, 6) is 1.78. The number of aryl methyl sites for hydroxylation is 1. The number of benzene rings is 1. The van der Waals surface area contributed by atoms with Crippen molar-refractivity contribution in [3.05, 3.63) is 42.6 Å². The maximum atomic E-state index is 8.99. The Balaban J connectivity index is 2.03. The number of aromatic nitrogens is 3. The van der Waals surface area contributed by atoms with Crippen molar-refractivity contribution in [1.82, 2.24) is 14.5 Å². The van der Waals surface area contributed by atoms with Crippen molar-refractivity contribution >= 4 is 16.9 Å². The zero-order valence-corrected chi connectivity index (χ0v) is 14.8. The van der Waals surface area contributed by atoms with Crippen LogP contribution in [-0.4, -0.2) is 32.8 Å². The van der Waals surface area contributed by atoms with Crippen LogP contribution in [0.3, 0.4) is 0 Å². The summed E-state index contributed by atoms with van der Waals surface area (Å²) in [4.78, 5) is 9.37. The molecular formula is C20H26N4O. The predicted molar refractivity (Wildman–Crippen MR) is 103 cm³/mol. The second kappa shape index (κ2) is 8.62. The Morgan fingerprint density at radius 1 is 1.08 bits per heavy atom. The molecule has 0 bridgehead atoms. The van der Waals surface area contributed by atoms with E-state index in [1.807, 2.05) is 30.5 Å². The quantitative estimate of drug-likeness (QED) is 0.577. The van der Waals surface area contributed by atoms with Crippen LogP contribution >= 0.6 is 0 Å². The normalized spacial score (nSPS) is 11.1. The Bertz CT molecular complexity index is 798. The summed E-state index contributed by atoms with van der Waals surface area (Å²) < 4.78 is 2.30. The number of anilines is 1. The van der Waals surface area contributed by atoms with Gasteiger partial charge in [0.05, 0.1) is 5.52 Å². The molecule has 3 rings (SSSR count). The largest absolute Gasteiger partial charge is 0.396 e. The number of rotatable bonds is 9. The van der Waals surface area contributed by atoms with Crippen LogP contribution in [-0.2, 0) is 6.54 Å². The van der Waals surface area contributed by atoms with Gasteiger partial charge in [0, 0.05) is 31.5 Å². The molecule has 0 aliphatic heterocycles. The van der Waals surface area contributed by atoms with E-state index < -0.39 is 0 Å². The summed E-state index contributed by atoms with van der Waals surface area (Å²) in [6.07, 6.45) is 6.07. The van der Waals surface area contributed by atoms with Gasteiger partial charge < -0.3 is 15.0 Å². The van der Waals surface area contributed by atoms with Gasteiger partial charge in [0.25, 0.3) is 0 Å². The van der Waals surface area contributed by atoms with Crippen LogP contribution in [0, 0.1) is 0 Å². The van der Waals surface area contributed by atoms with E-state index in [9.17, 15) is 0 Å². The van der Waals surface area contributed by atoms with Crippen molar-refractivity contribution in [2.45, 2.75) is 39.2 Å². The van der Waals surface area contributed by atoms with Crippen molar-refractivity contribution in [3.8, 4) is 11.4 Å². The smallest absolute Gasteiger partial charge is 0.154 e. The average Bonchev–Trinajstić information content (AvgIpc) is 3.03. The molecule has 3 aromatic rings. The first-order chi connectivity index (χ1) is 12.3. The fourth-order valence-corrected chi connectivity index (χ4v) is 3.02. The van der Waals surface area contributed by atoms with Crippen molar-refractivity contribution in [3.63, 3.8) is 0 Å². The Morgan fingerprint density at radius 3 is 2.68 bits per heavy atom. The molecule has 5 heteroatoms. The lowest BCUT2D eigenvalue weighted by Gasteiger charge is -2.09. The number of unbranched alkanes of at least 4 members (excludes halogenated alkanes) is 2. The summed E-state index contributed by atoms with van der Waals surface area (Å²) >= 11 is 0. The molecule has 2 N–H and O–H groups in total. The molecule has 0 unspecified atom stereocenters. The summed E-state index contributed by atoms with van der Waals surface area (Å²) in [6, 6.07) is 12.4. The van der Waals surface area contributed by atoms with E-state index in [0.29, 0.717) is 13.0 Å². The maximum absolute atomic E-state index is 8.99. The number of pyridine rings is 1. The minimum atomic E-state index is 0.170. The lowest BCUT2D eigenvalue weighted by atomic mass is 10.2. The molecule has 0 radical (unpaired) electrons. The number of imidazole rings is 1. The van der Waals surface area contributed by atoms with Gasteiger partial charge in [-0.15, -0.1) is 0 Å². The highest BCUT2D eigenvalue weighted by Crippen LogP contribution is 2.28. The molecule has 0 fully saturated rings. The highest BCUT2D eigenvalue weighted by Gasteiger charge is 2.15. The molecule has 132 valence electrons. The summed E-state index contributed by atoms with van der Waals surface area (Å²) in [5.41, 5.74) is 3.13. The monoisotopic (exact) mass is 338 g/mol. The highest BCUT2D eigenvalue weighted by atomic mass is 16.3. The third kappa shape index (κ3) is 3.99. The molecule has 5 nitrogen and oxygen atoms in total. The molecule has 2 heterocycles. The Kier molecular flexibility index (Phi) is 6.01. The van der Waals surface area contributed by atoms with Gasteiger partial charge in [0.15, 0.2) is 5.82 Å². The Labute approximate surface area is 148 Å². The van der Waals surface area contributed by atoms with Crippen LogP contribution in [0.5, 0.6) is 0 Å². The molecule has 1 aromatic carbocycles. The Hall–Kier alpha value is -2.40. The van der Waals surface area contributed by atoms with E-state index in [1.165, 1.54) is 12.8 Å². The van der Waals surface area contributed by atoms with E-state index in [0.717, 1.165) is 41.2 Å². The van der Waals surface area contributed by atoms with Crippen LogP contribution in [0.15, 0.2) is 42.6 Å². The number of nitrogens with zero attached hydrogens (tertiary/aromatic N) is 3. The maximum Gasteiger partial charge on any atom is 0.154 e. The van der Waals surface area contributed by atoms with Crippen molar-refractivity contribution in [2.75, 3.05) is 18.5 Å². The van der Waals surface area contributed by atoms with Gasteiger partial charge in [0.2, 0.25) is 0 Å². The third-order valence-electron chi connectivity index (χ3n) is 4.31. The fourth-order valence-electron chi connectivity index (χ4n) is 3.02. The van der Waals surface area contributed by atoms with Crippen LogP contribution in [0.1, 0.15) is 32.6 Å². The topological polar surface area (TPSA) is 63.0 Å². The van der Waals surface area contributed by atoms with Crippen LogP contribution in [0.2, 0.25) is 0 Å². The second-order valence-corrected chi connectivity index (χ2v) is 6.19. The average molecular weight is 338 g/mol. The number of nitrogens with one attached hydrogen (secondary N) is 1. The van der Waals surface area contributed by atoms with Crippen molar-refractivity contribution in [2.24, 2.45) is 0 Å². The molecule has 0 spiro atoms. The van der Waals surface area contributed by atoms with E-state index in [-0.39, 0.29) is 6.61 Å². The lowest BCUT2D eigenvalue weighted by Crippen LogP contribution is -2.05. The Morgan fingerprint density at radius 2 is 1.92 bits per heavy atom. The molecule has 0 amide bonds. The SMILES string of the molecule is CCCCCn1c(-c2ccccc2)nc2c(NCCCO)nccc21. The third-order valence-corrected chi connectivity index (χ3v) is 4.31.